The molecule has 1 atom stereocenters. The number of ketones is 1. The monoisotopic (exact) mass is 538 g/mol. The lowest BCUT2D eigenvalue weighted by molar-refractivity contribution is -0.142. The number of esters is 1. The molecular weight excluding hydrogens is 504 g/mol. The molecule has 0 aliphatic heterocycles. The van der Waals surface area contributed by atoms with Gasteiger partial charge in [-0.05, 0) is 50.1 Å². The lowest BCUT2D eigenvalue weighted by Gasteiger charge is -2.19. The average molecular weight is 539 g/mol. The Balaban J connectivity index is 1.36. The number of carbonyl (C=O) groups is 2. The fourth-order valence-corrected chi connectivity index (χ4v) is 4.39. The van der Waals surface area contributed by atoms with Crippen molar-refractivity contribution >= 4 is 11.8 Å². The van der Waals surface area contributed by atoms with E-state index >= 15 is 0 Å². The highest BCUT2D eigenvalue weighted by Gasteiger charge is 2.20. The molecule has 0 bridgehead atoms. The summed E-state index contributed by atoms with van der Waals surface area (Å²) < 4.78 is 16.9. The van der Waals surface area contributed by atoms with E-state index in [1.165, 1.54) is 13.2 Å². The van der Waals surface area contributed by atoms with Gasteiger partial charge < -0.3 is 19.2 Å². The van der Waals surface area contributed by atoms with Crippen molar-refractivity contribution in [1.29, 1.82) is 0 Å². The van der Waals surface area contributed by atoms with Gasteiger partial charge in [-0.1, -0.05) is 60.7 Å². The van der Waals surface area contributed by atoms with Crippen molar-refractivity contribution < 1.29 is 23.5 Å². The molecule has 0 aliphatic rings. The normalized spacial score (nSPS) is 12.1. The van der Waals surface area contributed by atoms with E-state index in [9.17, 15) is 9.59 Å². The molecule has 4 rings (SSSR count). The third kappa shape index (κ3) is 7.47. The molecule has 1 aromatic heterocycles. The molecule has 40 heavy (non-hydrogen) atoms. The van der Waals surface area contributed by atoms with Gasteiger partial charge in [-0.25, -0.2) is 9.78 Å². The number of ether oxygens (including phenoxy) is 2. The summed E-state index contributed by atoms with van der Waals surface area (Å²) in [6.07, 6.45) is 2.50. The van der Waals surface area contributed by atoms with E-state index in [2.05, 4.69) is 10.3 Å². The predicted molar refractivity (Wildman–Crippen MR) is 154 cm³/mol. The Morgan fingerprint density at radius 1 is 1.00 bits per heavy atom. The smallest absolute Gasteiger partial charge is 0.328 e. The van der Waals surface area contributed by atoms with Gasteiger partial charge in [-0.2, -0.15) is 0 Å². The van der Waals surface area contributed by atoms with Crippen LogP contribution in [0.3, 0.4) is 0 Å². The number of nitrogens with one attached hydrogen (secondary N) is 1. The minimum Gasteiger partial charge on any atom is -0.493 e. The van der Waals surface area contributed by atoms with Gasteiger partial charge in [-0.15, -0.1) is 0 Å². The Morgan fingerprint density at radius 3 is 2.38 bits per heavy atom. The van der Waals surface area contributed by atoms with Crippen LogP contribution in [-0.4, -0.2) is 36.5 Å². The molecule has 7 nitrogen and oxygen atoms in total. The highest BCUT2D eigenvalue weighted by Crippen LogP contribution is 2.23. The molecule has 4 aromatic rings. The van der Waals surface area contributed by atoms with Crippen LogP contribution in [0.25, 0.3) is 11.5 Å². The minimum absolute atomic E-state index is 0.135. The fourth-order valence-electron chi connectivity index (χ4n) is 4.39. The predicted octanol–water partition coefficient (Wildman–Crippen LogP) is 6.04. The van der Waals surface area contributed by atoms with Gasteiger partial charge in [0, 0.05) is 35.7 Å². The number of benzene rings is 3. The summed E-state index contributed by atoms with van der Waals surface area (Å²) >= 11 is 0. The molecular formula is C33H34N2O5. The SMILES string of the molecule is COC(=O)C(Cc1ccc(OCCc2nc(-c3ccccc3)oc2C)c(C)c1)N/C(C)=C\C(=O)c1ccccc1. The van der Waals surface area contributed by atoms with Crippen molar-refractivity contribution in [2.24, 2.45) is 0 Å². The Morgan fingerprint density at radius 2 is 1.70 bits per heavy atom. The van der Waals surface area contributed by atoms with Gasteiger partial charge in [0.2, 0.25) is 5.89 Å². The molecule has 206 valence electrons. The Kier molecular flexibility index (Phi) is 9.52. The molecule has 1 unspecified atom stereocenters. The maximum absolute atomic E-state index is 12.5. The maximum Gasteiger partial charge on any atom is 0.328 e. The third-order valence-electron chi connectivity index (χ3n) is 6.48. The number of nitrogens with zero attached hydrogens (tertiary/aromatic N) is 1. The standard InChI is InChI=1S/C33H34N2O5/c1-22-19-25(21-29(33(37)38-4)34-23(2)20-30(36)26-11-7-5-8-12-26)15-16-31(22)39-18-17-28-24(3)40-32(35-28)27-13-9-6-10-14-27/h5-16,19-20,29,34H,17-18,21H2,1-4H3/b23-20-. The van der Waals surface area contributed by atoms with Crippen LogP contribution in [0.2, 0.25) is 0 Å². The molecule has 0 fully saturated rings. The Hall–Kier alpha value is -4.65. The number of rotatable bonds is 12. The van der Waals surface area contributed by atoms with E-state index in [1.807, 2.05) is 80.6 Å². The second-order valence-electron chi connectivity index (χ2n) is 9.57. The number of hydrogen-bond donors (Lipinski definition) is 1. The lowest BCUT2D eigenvalue weighted by atomic mass is 10.0. The highest BCUT2D eigenvalue weighted by atomic mass is 16.5. The quantitative estimate of drug-likeness (QED) is 0.134. The fraction of sp³-hybridized carbons (Fsp3) is 0.242. The largest absolute Gasteiger partial charge is 0.493 e. The number of carbonyl (C=O) groups excluding carboxylic acids is 2. The summed E-state index contributed by atoms with van der Waals surface area (Å²) in [5.74, 6) is 1.61. The summed E-state index contributed by atoms with van der Waals surface area (Å²) in [6, 6.07) is 24.0. The van der Waals surface area contributed by atoms with Gasteiger partial charge in [0.15, 0.2) is 5.78 Å². The van der Waals surface area contributed by atoms with E-state index in [4.69, 9.17) is 13.9 Å². The van der Waals surface area contributed by atoms with Crippen LogP contribution in [0.1, 0.15) is 39.9 Å². The zero-order chi connectivity index (χ0) is 28.5. The second kappa shape index (κ2) is 13.4. The number of allylic oxidation sites excluding steroid dienone is 2. The molecule has 0 aliphatic carbocycles. The molecule has 1 N–H and O–H groups in total. The lowest BCUT2D eigenvalue weighted by Crippen LogP contribution is -2.38. The van der Waals surface area contributed by atoms with Gasteiger partial charge in [0.1, 0.15) is 17.6 Å². The van der Waals surface area contributed by atoms with Crippen LogP contribution in [0.4, 0.5) is 0 Å². The molecule has 0 saturated carbocycles. The number of aromatic nitrogens is 1. The first-order valence-electron chi connectivity index (χ1n) is 13.2. The zero-order valence-electron chi connectivity index (χ0n) is 23.3. The second-order valence-corrected chi connectivity index (χ2v) is 9.57. The van der Waals surface area contributed by atoms with Gasteiger partial charge in [0.05, 0.1) is 19.4 Å². The van der Waals surface area contributed by atoms with Crippen molar-refractivity contribution in [2.45, 2.75) is 39.7 Å². The van der Waals surface area contributed by atoms with Gasteiger partial charge in [-0.3, -0.25) is 4.79 Å². The van der Waals surface area contributed by atoms with Crippen LogP contribution in [0, 0.1) is 13.8 Å². The van der Waals surface area contributed by atoms with E-state index in [1.54, 1.807) is 19.1 Å². The zero-order valence-corrected chi connectivity index (χ0v) is 23.3. The van der Waals surface area contributed by atoms with Crippen LogP contribution in [0.5, 0.6) is 5.75 Å². The van der Waals surface area contributed by atoms with E-state index in [0.29, 0.717) is 36.6 Å². The van der Waals surface area contributed by atoms with E-state index < -0.39 is 12.0 Å². The molecule has 0 radical (unpaired) electrons. The first-order valence-corrected chi connectivity index (χ1v) is 13.2. The van der Waals surface area contributed by atoms with Crippen molar-refractivity contribution in [2.75, 3.05) is 13.7 Å². The summed E-state index contributed by atoms with van der Waals surface area (Å²) in [4.78, 5) is 29.7. The van der Waals surface area contributed by atoms with Crippen LogP contribution < -0.4 is 10.1 Å². The maximum atomic E-state index is 12.5. The van der Waals surface area contributed by atoms with Crippen LogP contribution in [0.15, 0.2) is 95.1 Å². The number of hydrogen-bond acceptors (Lipinski definition) is 7. The summed E-state index contributed by atoms with van der Waals surface area (Å²) in [7, 11) is 1.35. The summed E-state index contributed by atoms with van der Waals surface area (Å²) in [6.45, 7) is 6.10. The molecule has 3 aromatic carbocycles. The van der Waals surface area contributed by atoms with Crippen LogP contribution >= 0.6 is 0 Å². The number of aryl methyl sites for hydroxylation is 2. The van der Waals surface area contributed by atoms with Crippen molar-refractivity contribution in [1.82, 2.24) is 10.3 Å². The summed E-state index contributed by atoms with van der Waals surface area (Å²) in [5.41, 5.74) is 4.87. The number of oxazole rings is 1. The first-order chi connectivity index (χ1) is 19.3. The minimum atomic E-state index is -0.648. The van der Waals surface area contributed by atoms with Crippen molar-refractivity contribution in [3.8, 4) is 17.2 Å². The van der Waals surface area contributed by atoms with Gasteiger partial charge in [0.25, 0.3) is 0 Å². The van der Waals surface area contributed by atoms with E-state index in [-0.39, 0.29) is 5.78 Å². The molecule has 0 amide bonds. The molecule has 1 heterocycles. The molecule has 7 heteroatoms. The molecule has 0 saturated heterocycles. The highest BCUT2D eigenvalue weighted by molar-refractivity contribution is 6.04. The van der Waals surface area contributed by atoms with Crippen molar-refractivity contribution in [3.05, 3.63) is 119 Å². The Labute approximate surface area is 234 Å². The van der Waals surface area contributed by atoms with Gasteiger partial charge >= 0.3 is 5.97 Å². The van der Waals surface area contributed by atoms with Crippen LogP contribution in [-0.2, 0) is 22.4 Å². The average Bonchev–Trinajstić information content (AvgIpc) is 3.34. The number of methoxy groups -OCH3 is 1. The van der Waals surface area contributed by atoms with Crippen molar-refractivity contribution in [3.63, 3.8) is 0 Å². The third-order valence-corrected chi connectivity index (χ3v) is 6.48. The summed E-state index contributed by atoms with van der Waals surface area (Å²) in [5, 5.41) is 3.14. The van der Waals surface area contributed by atoms with E-state index in [0.717, 1.165) is 33.9 Å². The Bertz CT molecular complexity index is 1480. The topological polar surface area (TPSA) is 90.7 Å². The molecule has 0 spiro atoms. The first kappa shape index (κ1) is 28.4.